The van der Waals surface area contributed by atoms with Crippen LogP contribution in [0.2, 0.25) is 0 Å². The Hall–Kier alpha value is -1.82. The molecule has 20 heavy (non-hydrogen) atoms. The molecule has 1 aromatic rings. The fourth-order valence-electron chi connectivity index (χ4n) is 3.28. The van der Waals surface area contributed by atoms with Gasteiger partial charge in [-0.15, -0.1) is 0 Å². The quantitative estimate of drug-likeness (QED) is 0.674. The molecule has 3 rings (SSSR count). The van der Waals surface area contributed by atoms with Crippen LogP contribution in [0.3, 0.4) is 0 Å². The van der Waals surface area contributed by atoms with Gasteiger partial charge in [0.15, 0.2) is 5.75 Å². The van der Waals surface area contributed by atoms with E-state index in [1.165, 1.54) is 20.1 Å². The second-order valence-electron chi connectivity index (χ2n) is 5.53. The monoisotopic (exact) mass is 277 g/mol. The van der Waals surface area contributed by atoms with Crippen LogP contribution in [0.1, 0.15) is 12.8 Å². The summed E-state index contributed by atoms with van der Waals surface area (Å²) in [5.41, 5.74) is 0.823. The van der Waals surface area contributed by atoms with Crippen molar-refractivity contribution in [1.29, 1.82) is 0 Å². The largest absolute Gasteiger partial charge is 0.490 e. The van der Waals surface area contributed by atoms with Crippen LogP contribution >= 0.6 is 0 Å². The molecule has 1 aromatic carbocycles. The van der Waals surface area contributed by atoms with Gasteiger partial charge >= 0.3 is 5.69 Å². The van der Waals surface area contributed by atoms with Gasteiger partial charge in [0.25, 0.3) is 0 Å². The van der Waals surface area contributed by atoms with Gasteiger partial charge in [-0.05, 0) is 37.4 Å². The summed E-state index contributed by atoms with van der Waals surface area (Å²) in [5.74, 6) is 0.959. The lowest BCUT2D eigenvalue weighted by Gasteiger charge is -2.31. The van der Waals surface area contributed by atoms with Crippen molar-refractivity contribution in [3.63, 3.8) is 0 Å². The van der Waals surface area contributed by atoms with Crippen LogP contribution in [-0.4, -0.2) is 42.6 Å². The lowest BCUT2D eigenvalue weighted by Crippen LogP contribution is -2.39. The van der Waals surface area contributed by atoms with E-state index in [1.807, 2.05) is 6.07 Å². The van der Waals surface area contributed by atoms with Crippen LogP contribution in [-0.2, 0) is 0 Å². The number of ether oxygens (including phenoxy) is 1. The number of methoxy groups -OCH3 is 1. The van der Waals surface area contributed by atoms with Crippen molar-refractivity contribution < 1.29 is 9.66 Å². The Kier molecular flexibility index (Phi) is 3.48. The molecule has 0 spiro atoms. The van der Waals surface area contributed by atoms with Crippen molar-refractivity contribution in [1.82, 2.24) is 4.90 Å². The Morgan fingerprint density at radius 1 is 1.40 bits per heavy atom. The highest BCUT2D eigenvalue weighted by atomic mass is 16.6. The summed E-state index contributed by atoms with van der Waals surface area (Å²) in [7, 11) is 1.45. The molecule has 2 bridgehead atoms. The van der Waals surface area contributed by atoms with Gasteiger partial charge in [-0.25, -0.2) is 0 Å². The Bertz CT molecular complexity index is 520. The molecular formula is C14H19N3O3. The third kappa shape index (κ3) is 2.43. The molecule has 1 N–H and O–H groups in total. The molecule has 3 atom stereocenters. The normalized spacial score (nSPS) is 28.1. The van der Waals surface area contributed by atoms with Crippen molar-refractivity contribution in [2.75, 3.05) is 32.1 Å². The van der Waals surface area contributed by atoms with Gasteiger partial charge in [0, 0.05) is 30.9 Å². The minimum absolute atomic E-state index is 0.0151. The standard InChI is InChI=1S/C14H19N3O3/c1-20-14-3-2-11(8-13(14)17(18)19)15-12-5-7-16-6-4-10(12)9-16/h2-3,8,10,12,15H,4-7,9H2,1H3. The van der Waals surface area contributed by atoms with Gasteiger partial charge < -0.3 is 15.0 Å². The maximum absolute atomic E-state index is 11.0. The Labute approximate surface area is 117 Å². The summed E-state index contributed by atoms with van der Waals surface area (Å²) in [6.07, 6.45) is 2.32. The topological polar surface area (TPSA) is 67.6 Å². The summed E-state index contributed by atoms with van der Waals surface area (Å²) in [6, 6.07) is 5.50. The molecule has 2 heterocycles. The van der Waals surface area contributed by atoms with E-state index in [0.29, 0.717) is 17.7 Å². The number of benzene rings is 1. The average molecular weight is 277 g/mol. The lowest BCUT2D eigenvalue weighted by molar-refractivity contribution is -0.385. The average Bonchev–Trinajstić information content (AvgIpc) is 2.84. The molecule has 6 heteroatoms. The number of rotatable bonds is 4. The molecule has 0 aliphatic carbocycles. The van der Waals surface area contributed by atoms with E-state index < -0.39 is 4.92 Å². The van der Waals surface area contributed by atoms with Crippen LogP contribution in [0.5, 0.6) is 5.75 Å². The highest BCUT2D eigenvalue weighted by Gasteiger charge is 2.34. The zero-order valence-electron chi connectivity index (χ0n) is 11.5. The summed E-state index contributed by atoms with van der Waals surface area (Å²) >= 11 is 0. The van der Waals surface area contributed by atoms with Gasteiger partial charge in [0.05, 0.1) is 12.0 Å². The summed E-state index contributed by atoms with van der Waals surface area (Å²) in [4.78, 5) is 13.1. The molecule has 2 aliphatic rings. The van der Waals surface area contributed by atoms with Crippen LogP contribution in [0.25, 0.3) is 0 Å². The minimum Gasteiger partial charge on any atom is -0.490 e. The van der Waals surface area contributed by atoms with Crippen molar-refractivity contribution in [2.24, 2.45) is 5.92 Å². The van der Waals surface area contributed by atoms with Crippen molar-refractivity contribution in [2.45, 2.75) is 18.9 Å². The third-order valence-corrected chi connectivity index (χ3v) is 4.36. The molecular weight excluding hydrogens is 258 g/mol. The van der Waals surface area contributed by atoms with E-state index >= 15 is 0 Å². The number of nitrogens with one attached hydrogen (secondary N) is 1. The first-order valence-electron chi connectivity index (χ1n) is 6.98. The highest BCUT2D eigenvalue weighted by molar-refractivity contribution is 5.59. The molecule has 0 aromatic heterocycles. The fourth-order valence-corrected chi connectivity index (χ4v) is 3.28. The van der Waals surface area contributed by atoms with Crippen LogP contribution < -0.4 is 10.1 Å². The van der Waals surface area contributed by atoms with E-state index in [4.69, 9.17) is 4.74 Å². The van der Waals surface area contributed by atoms with Gasteiger partial charge in [-0.2, -0.15) is 0 Å². The van der Waals surface area contributed by atoms with Crippen LogP contribution in [0, 0.1) is 16.0 Å². The highest BCUT2D eigenvalue weighted by Crippen LogP contribution is 2.33. The number of anilines is 1. The number of hydrogen-bond acceptors (Lipinski definition) is 5. The second-order valence-corrected chi connectivity index (χ2v) is 5.53. The van der Waals surface area contributed by atoms with E-state index in [0.717, 1.165) is 25.2 Å². The van der Waals surface area contributed by atoms with Crippen LogP contribution in [0.15, 0.2) is 18.2 Å². The zero-order chi connectivity index (χ0) is 14.1. The van der Waals surface area contributed by atoms with Gasteiger partial charge in [-0.1, -0.05) is 0 Å². The number of hydrogen-bond donors (Lipinski definition) is 1. The number of piperidine rings is 1. The maximum atomic E-state index is 11.0. The zero-order valence-corrected chi connectivity index (χ0v) is 11.5. The number of fused-ring (bicyclic) bond motifs is 2. The number of nitro groups is 1. The van der Waals surface area contributed by atoms with Crippen molar-refractivity contribution >= 4 is 11.4 Å². The van der Waals surface area contributed by atoms with E-state index in [9.17, 15) is 10.1 Å². The van der Waals surface area contributed by atoms with Crippen molar-refractivity contribution in [3.05, 3.63) is 28.3 Å². The first kappa shape index (κ1) is 13.2. The Balaban J connectivity index is 1.77. The van der Waals surface area contributed by atoms with Gasteiger partial charge in [0.2, 0.25) is 0 Å². The van der Waals surface area contributed by atoms with E-state index in [2.05, 4.69) is 10.2 Å². The molecule has 108 valence electrons. The fraction of sp³-hybridized carbons (Fsp3) is 0.571. The first-order valence-corrected chi connectivity index (χ1v) is 6.98. The SMILES string of the molecule is COc1ccc(NC2CCN3CCC2C3)cc1[N+](=O)[O-]. The van der Waals surface area contributed by atoms with Gasteiger partial charge in [0.1, 0.15) is 0 Å². The number of nitro benzene ring substituents is 1. The molecule has 2 aliphatic heterocycles. The molecule has 2 fully saturated rings. The summed E-state index contributed by atoms with van der Waals surface area (Å²) in [5, 5.41) is 14.5. The van der Waals surface area contributed by atoms with Gasteiger partial charge in [-0.3, -0.25) is 10.1 Å². The van der Waals surface area contributed by atoms with Crippen LogP contribution in [0.4, 0.5) is 11.4 Å². The predicted molar refractivity (Wildman–Crippen MR) is 76.2 cm³/mol. The second kappa shape index (κ2) is 5.28. The molecule has 0 radical (unpaired) electrons. The molecule has 0 saturated carbocycles. The number of nitrogens with zero attached hydrogens (tertiary/aromatic N) is 2. The predicted octanol–water partition coefficient (Wildman–Crippen LogP) is 2.11. The first-order chi connectivity index (χ1) is 9.67. The maximum Gasteiger partial charge on any atom is 0.312 e. The lowest BCUT2D eigenvalue weighted by atomic mass is 9.94. The minimum atomic E-state index is -0.401. The smallest absolute Gasteiger partial charge is 0.312 e. The summed E-state index contributed by atoms with van der Waals surface area (Å²) < 4.78 is 5.02. The van der Waals surface area contributed by atoms with E-state index in [1.54, 1.807) is 12.1 Å². The molecule has 2 saturated heterocycles. The Morgan fingerprint density at radius 2 is 2.20 bits per heavy atom. The third-order valence-electron chi connectivity index (χ3n) is 4.36. The van der Waals surface area contributed by atoms with Crippen molar-refractivity contribution in [3.8, 4) is 5.75 Å². The summed E-state index contributed by atoms with van der Waals surface area (Å²) in [6.45, 7) is 3.45. The Morgan fingerprint density at radius 3 is 2.95 bits per heavy atom. The molecule has 6 nitrogen and oxygen atoms in total. The van der Waals surface area contributed by atoms with E-state index in [-0.39, 0.29) is 5.69 Å². The molecule has 0 amide bonds. The molecule has 3 unspecified atom stereocenters.